The monoisotopic (exact) mass is 166 g/mol. The van der Waals surface area contributed by atoms with Crippen LogP contribution in [-0.2, 0) is 9.47 Å². The van der Waals surface area contributed by atoms with Crippen LogP contribution in [-0.4, -0.2) is 32.8 Å². The van der Waals surface area contributed by atoms with E-state index < -0.39 is 0 Å². The van der Waals surface area contributed by atoms with E-state index >= 15 is 0 Å². The van der Waals surface area contributed by atoms with Crippen LogP contribution >= 0.6 is 11.6 Å². The average Bonchev–Trinajstić information content (AvgIpc) is 1.98. The van der Waals surface area contributed by atoms with Crippen LogP contribution in [0.25, 0.3) is 0 Å². The highest BCUT2D eigenvalue weighted by Crippen LogP contribution is 1.97. The summed E-state index contributed by atoms with van der Waals surface area (Å²) in [5, 5.41) is 0. The molecular formula is C7H15ClO2. The van der Waals surface area contributed by atoms with Crippen LogP contribution in [0.2, 0.25) is 0 Å². The summed E-state index contributed by atoms with van der Waals surface area (Å²) in [6.07, 6.45) is 0. The predicted octanol–water partition coefficient (Wildman–Crippen LogP) is 1.52. The van der Waals surface area contributed by atoms with Crippen molar-refractivity contribution in [1.29, 1.82) is 0 Å². The first kappa shape index (κ1) is 10.2. The topological polar surface area (TPSA) is 18.5 Å². The highest BCUT2D eigenvalue weighted by atomic mass is 35.5. The smallest absolute Gasteiger partial charge is 0.0700 e. The van der Waals surface area contributed by atoms with Crippen molar-refractivity contribution in [1.82, 2.24) is 0 Å². The Hall–Kier alpha value is 0.210. The van der Waals surface area contributed by atoms with Crippen molar-refractivity contribution < 1.29 is 9.47 Å². The summed E-state index contributed by atoms with van der Waals surface area (Å²) in [5.41, 5.74) is 0. The molecule has 0 saturated carbocycles. The van der Waals surface area contributed by atoms with Crippen molar-refractivity contribution in [2.75, 3.05) is 32.8 Å². The molecular weight excluding hydrogens is 152 g/mol. The second-order valence-electron chi connectivity index (χ2n) is 2.33. The maximum atomic E-state index is 5.55. The molecule has 0 heterocycles. The molecule has 0 amide bonds. The van der Waals surface area contributed by atoms with E-state index in [0.717, 1.165) is 6.61 Å². The predicted molar refractivity (Wildman–Crippen MR) is 42.6 cm³/mol. The normalized spacial score (nSPS) is 13.5. The summed E-state index contributed by atoms with van der Waals surface area (Å²) >= 11 is 5.55. The Morgan fingerprint density at radius 1 is 1.40 bits per heavy atom. The van der Waals surface area contributed by atoms with Crippen molar-refractivity contribution in [2.24, 2.45) is 5.92 Å². The molecule has 0 rings (SSSR count). The van der Waals surface area contributed by atoms with Crippen molar-refractivity contribution in [3.05, 3.63) is 0 Å². The Morgan fingerprint density at radius 2 is 2.10 bits per heavy atom. The Labute approximate surface area is 67.5 Å². The molecule has 1 atom stereocenters. The molecule has 62 valence electrons. The largest absolute Gasteiger partial charge is 0.382 e. The zero-order valence-electron chi connectivity index (χ0n) is 6.60. The fourth-order valence-corrected chi connectivity index (χ4v) is 0.560. The molecule has 0 saturated heterocycles. The average molecular weight is 167 g/mol. The maximum Gasteiger partial charge on any atom is 0.0700 e. The Kier molecular flexibility index (Phi) is 7.47. The minimum atomic E-state index is 0.443. The minimum Gasteiger partial charge on any atom is -0.382 e. The van der Waals surface area contributed by atoms with Crippen LogP contribution in [0.1, 0.15) is 6.92 Å². The lowest BCUT2D eigenvalue weighted by atomic mass is 10.2. The van der Waals surface area contributed by atoms with E-state index in [0.29, 0.717) is 25.0 Å². The maximum absolute atomic E-state index is 5.55. The van der Waals surface area contributed by atoms with E-state index in [9.17, 15) is 0 Å². The van der Waals surface area contributed by atoms with E-state index in [-0.39, 0.29) is 0 Å². The van der Waals surface area contributed by atoms with Crippen molar-refractivity contribution >= 4 is 11.6 Å². The lowest BCUT2D eigenvalue weighted by molar-refractivity contribution is 0.0577. The third kappa shape index (κ3) is 6.33. The first-order chi connectivity index (χ1) is 4.81. The number of ether oxygens (including phenoxy) is 2. The minimum absolute atomic E-state index is 0.443. The summed E-state index contributed by atoms with van der Waals surface area (Å²) < 4.78 is 10.0. The second-order valence-corrected chi connectivity index (χ2v) is 2.64. The zero-order chi connectivity index (χ0) is 7.82. The number of hydrogen-bond donors (Lipinski definition) is 0. The Bertz CT molecular complexity index is 68.6. The van der Waals surface area contributed by atoms with Gasteiger partial charge in [0.25, 0.3) is 0 Å². The number of hydrogen-bond acceptors (Lipinski definition) is 2. The summed E-state index contributed by atoms with van der Waals surface area (Å²) in [6, 6.07) is 0. The molecule has 0 aliphatic rings. The molecule has 0 aromatic heterocycles. The van der Waals surface area contributed by atoms with Gasteiger partial charge < -0.3 is 9.47 Å². The molecule has 2 nitrogen and oxygen atoms in total. The van der Waals surface area contributed by atoms with Gasteiger partial charge in [0.2, 0.25) is 0 Å². The molecule has 0 aliphatic heterocycles. The molecule has 0 N–H and O–H groups in total. The van der Waals surface area contributed by atoms with Crippen molar-refractivity contribution in [3.8, 4) is 0 Å². The number of methoxy groups -OCH3 is 1. The van der Waals surface area contributed by atoms with Gasteiger partial charge in [0.05, 0.1) is 19.8 Å². The van der Waals surface area contributed by atoms with Gasteiger partial charge in [-0.25, -0.2) is 0 Å². The van der Waals surface area contributed by atoms with Gasteiger partial charge in [0.1, 0.15) is 0 Å². The number of alkyl halides is 1. The summed E-state index contributed by atoms with van der Waals surface area (Å²) in [7, 11) is 1.66. The third-order valence-corrected chi connectivity index (χ3v) is 1.62. The van der Waals surface area contributed by atoms with Gasteiger partial charge in [-0.3, -0.25) is 0 Å². The summed E-state index contributed by atoms with van der Waals surface area (Å²) in [6.45, 7) is 4.11. The lowest BCUT2D eigenvalue weighted by Gasteiger charge is -2.07. The second kappa shape index (κ2) is 7.32. The molecule has 1 unspecified atom stereocenters. The van der Waals surface area contributed by atoms with E-state index in [2.05, 4.69) is 6.92 Å². The van der Waals surface area contributed by atoms with Crippen LogP contribution in [0, 0.1) is 5.92 Å². The SMILES string of the molecule is COCCOCC(C)CCl. The van der Waals surface area contributed by atoms with E-state index in [1.54, 1.807) is 7.11 Å². The van der Waals surface area contributed by atoms with Crippen molar-refractivity contribution in [2.45, 2.75) is 6.92 Å². The number of halogens is 1. The van der Waals surface area contributed by atoms with Crippen LogP contribution in [0.3, 0.4) is 0 Å². The molecule has 0 aromatic rings. The van der Waals surface area contributed by atoms with Gasteiger partial charge in [-0.15, -0.1) is 11.6 Å². The number of rotatable bonds is 6. The molecule has 10 heavy (non-hydrogen) atoms. The fraction of sp³-hybridized carbons (Fsp3) is 1.00. The van der Waals surface area contributed by atoms with Gasteiger partial charge in [0, 0.05) is 13.0 Å². The Morgan fingerprint density at radius 3 is 2.60 bits per heavy atom. The standard InChI is InChI=1S/C7H15ClO2/c1-7(5-8)6-10-4-3-9-2/h7H,3-6H2,1-2H3. The summed E-state index contributed by atoms with van der Waals surface area (Å²) in [5.74, 6) is 1.10. The highest BCUT2D eigenvalue weighted by molar-refractivity contribution is 6.18. The van der Waals surface area contributed by atoms with Gasteiger partial charge in [-0.05, 0) is 5.92 Å². The summed E-state index contributed by atoms with van der Waals surface area (Å²) in [4.78, 5) is 0. The van der Waals surface area contributed by atoms with Crippen LogP contribution in [0.5, 0.6) is 0 Å². The fourth-order valence-electron chi connectivity index (χ4n) is 0.471. The first-order valence-electron chi connectivity index (χ1n) is 3.44. The molecule has 0 fully saturated rings. The van der Waals surface area contributed by atoms with Crippen LogP contribution < -0.4 is 0 Å². The third-order valence-electron chi connectivity index (χ3n) is 1.10. The van der Waals surface area contributed by atoms with Crippen LogP contribution in [0.4, 0.5) is 0 Å². The quantitative estimate of drug-likeness (QED) is 0.440. The Balaban J connectivity index is 2.89. The van der Waals surface area contributed by atoms with Gasteiger partial charge in [0.15, 0.2) is 0 Å². The molecule has 0 aliphatic carbocycles. The molecule has 0 bridgehead atoms. The molecule has 3 heteroatoms. The van der Waals surface area contributed by atoms with Crippen molar-refractivity contribution in [3.63, 3.8) is 0 Å². The van der Waals surface area contributed by atoms with Crippen LogP contribution in [0.15, 0.2) is 0 Å². The van der Waals surface area contributed by atoms with Gasteiger partial charge in [-0.2, -0.15) is 0 Å². The van der Waals surface area contributed by atoms with E-state index in [1.165, 1.54) is 0 Å². The van der Waals surface area contributed by atoms with E-state index in [1.807, 2.05) is 0 Å². The van der Waals surface area contributed by atoms with Gasteiger partial charge in [-0.1, -0.05) is 6.92 Å². The molecule has 0 radical (unpaired) electrons. The highest BCUT2D eigenvalue weighted by Gasteiger charge is 1.97. The molecule has 0 spiro atoms. The molecule has 0 aromatic carbocycles. The first-order valence-corrected chi connectivity index (χ1v) is 3.97. The lowest BCUT2D eigenvalue weighted by Crippen LogP contribution is -2.10. The zero-order valence-corrected chi connectivity index (χ0v) is 7.36. The van der Waals surface area contributed by atoms with E-state index in [4.69, 9.17) is 21.1 Å². The van der Waals surface area contributed by atoms with Gasteiger partial charge >= 0.3 is 0 Å².